The van der Waals surface area contributed by atoms with Crippen LogP contribution in [0.4, 0.5) is 11.4 Å². The minimum atomic E-state index is -1.49. The third kappa shape index (κ3) is 6.17. The topological polar surface area (TPSA) is 108 Å². The molecule has 2 aliphatic rings. The van der Waals surface area contributed by atoms with Crippen molar-refractivity contribution in [3.8, 4) is 5.75 Å². The number of nitrogens with zero attached hydrogens (tertiary/aromatic N) is 2. The molecule has 1 unspecified atom stereocenters. The van der Waals surface area contributed by atoms with E-state index in [0.717, 1.165) is 28.7 Å². The summed E-state index contributed by atoms with van der Waals surface area (Å²) in [6, 6.07) is 17.8. The first-order valence-electron chi connectivity index (χ1n) is 15.1. The van der Waals surface area contributed by atoms with Crippen molar-refractivity contribution in [3.05, 3.63) is 88.5 Å². The zero-order valence-electron chi connectivity index (χ0n) is 26.5. The summed E-state index contributed by atoms with van der Waals surface area (Å²) >= 11 is 11.0. The van der Waals surface area contributed by atoms with E-state index in [0.29, 0.717) is 22.7 Å². The minimum absolute atomic E-state index is 0.0438. The van der Waals surface area contributed by atoms with Crippen LogP contribution in [0, 0.1) is 39.5 Å². The first-order valence-corrected chi connectivity index (χ1v) is 15.9. The van der Waals surface area contributed by atoms with Gasteiger partial charge in [0.2, 0.25) is 23.6 Å². The molecule has 46 heavy (non-hydrogen) atoms. The summed E-state index contributed by atoms with van der Waals surface area (Å²) in [4.78, 5) is 59.1. The van der Waals surface area contributed by atoms with Gasteiger partial charge >= 0.3 is 0 Å². The minimum Gasteiger partial charge on any atom is -0.491 e. The highest BCUT2D eigenvalue weighted by atomic mass is 32.1. The fourth-order valence-electron chi connectivity index (χ4n) is 6.04. The van der Waals surface area contributed by atoms with Gasteiger partial charge in [-0.15, -0.1) is 0 Å². The Morgan fingerprint density at radius 2 is 1.15 bits per heavy atom. The van der Waals surface area contributed by atoms with Gasteiger partial charge in [-0.3, -0.25) is 29.0 Å². The van der Waals surface area contributed by atoms with Crippen molar-refractivity contribution in [3.63, 3.8) is 0 Å². The van der Waals surface area contributed by atoms with Gasteiger partial charge in [-0.2, -0.15) is 0 Å². The normalized spacial score (nSPS) is 20.0. The second kappa shape index (κ2) is 13.1. The van der Waals surface area contributed by atoms with Crippen LogP contribution in [0.2, 0.25) is 0 Å². The van der Waals surface area contributed by atoms with E-state index in [1.807, 2.05) is 65.8 Å². The fraction of sp³-hybridized carbons (Fsp3) is 0.314. The number of carbonyl (C=O) groups is 4. The van der Waals surface area contributed by atoms with Crippen molar-refractivity contribution in [1.29, 1.82) is 0 Å². The lowest BCUT2D eigenvalue weighted by Gasteiger charge is -2.41. The van der Waals surface area contributed by atoms with Crippen LogP contribution >= 0.6 is 24.4 Å². The first kappa shape index (κ1) is 32.9. The quantitative estimate of drug-likeness (QED) is 0.250. The molecule has 0 bridgehead atoms. The number of hydrogen-bond donors (Lipinski definition) is 2. The molecule has 11 heteroatoms. The van der Waals surface area contributed by atoms with Crippen LogP contribution in [0.25, 0.3) is 0 Å². The van der Waals surface area contributed by atoms with E-state index in [1.165, 1.54) is 9.80 Å². The first-order chi connectivity index (χ1) is 21.8. The molecule has 0 radical (unpaired) electrons. The Morgan fingerprint density at radius 3 is 1.54 bits per heavy atom. The average Bonchev–Trinajstić information content (AvgIpc) is 2.98. The number of anilines is 2. The fourth-order valence-corrected chi connectivity index (χ4v) is 6.62. The van der Waals surface area contributed by atoms with E-state index in [4.69, 9.17) is 29.2 Å². The molecule has 2 aliphatic heterocycles. The monoisotopic (exact) mass is 656 g/mol. The number of nitrogens with one attached hydrogen (secondary N) is 2. The Kier molecular flexibility index (Phi) is 9.37. The highest BCUT2D eigenvalue weighted by Crippen LogP contribution is 2.41. The van der Waals surface area contributed by atoms with Crippen LogP contribution < -0.4 is 25.2 Å². The maximum atomic E-state index is 14.5. The van der Waals surface area contributed by atoms with Crippen LogP contribution in [0.15, 0.2) is 60.7 Å². The lowest BCUT2D eigenvalue weighted by molar-refractivity contribution is -0.139. The number of benzene rings is 3. The standard InChI is InChI=1S/C35H36N4O5S2/c1-7-22(6)44-24-12-10-23(11-13-24)27(28-30(40)36-34(45)38(32(28)42)25-14-8-18(2)16-20(25)4)29-31(41)37-35(46)39(33(29)43)26-15-9-19(3)17-21(26)5/h8-17,22,27-29H,7H2,1-6H3,(H,36,40,45)(H,37,41,46)/t22-,27?,28-,29+/m0/s1. The molecule has 9 nitrogen and oxygen atoms in total. The van der Waals surface area contributed by atoms with Crippen LogP contribution in [-0.2, 0) is 19.2 Å². The van der Waals surface area contributed by atoms with E-state index >= 15 is 0 Å². The van der Waals surface area contributed by atoms with E-state index in [9.17, 15) is 19.2 Å². The second-order valence-corrected chi connectivity index (χ2v) is 12.7. The highest BCUT2D eigenvalue weighted by molar-refractivity contribution is 7.80. The second-order valence-electron chi connectivity index (χ2n) is 11.9. The van der Waals surface area contributed by atoms with E-state index in [1.54, 1.807) is 36.4 Å². The predicted molar refractivity (Wildman–Crippen MR) is 185 cm³/mol. The van der Waals surface area contributed by atoms with Crippen molar-refractivity contribution in [1.82, 2.24) is 10.6 Å². The molecule has 0 aromatic heterocycles. The molecule has 5 rings (SSSR count). The molecule has 2 heterocycles. The summed E-state index contributed by atoms with van der Waals surface area (Å²) in [6.07, 6.45) is 0.748. The zero-order chi connectivity index (χ0) is 33.4. The summed E-state index contributed by atoms with van der Waals surface area (Å²) < 4.78 is 5.95. The molecule has 2 fully saturated rings. The lowest BCUT2D eigenvalue weighted by Crippen LogP contribution is -2.64. The van der Waals surface area contributed by atoms with Gasteiger partial charge < -0.3 is 15.4 Å². The van der Waals surface area contributed by atoms with E-state index in [2.05, 4.69) is 10.6 Å². The highest BCUT2D eigenvalue weighted by Gasteiger charge is 2.54. The summed E-state index contributed by atoms with van der Waals surface area (Å²) in [6.45, 7) is 11.5. The Hall–Kier alpha value is -4.48. The molecule has 0 aliphatic carbocycles. The average molecular weight is 657 g/mol. The number of amides is 4. The van der Waals surface area contributed by atoms with Gasteiger partial charge in [-0.1, -0.05) is 54.4 Å². The molecule has 0 spiro atoms. The predicted octanol–water partition coefficient (Wildman–Crippen LogP) is 5.31. The summed E-state index contributed by atoms with van der Waals surface area (Å²) in [5, 5.41) is 5.19. The van der Waals surface area contributed by atoms with Crippen molar-refractivity contribution in [2.24, 2.45) is 11.8 Å². The van der Waals surface area contributed by atoms with E-state index < -0.39 is 41.4 Å². The number of carbonyl (C=O) groups excluding carboxylic acids is 4. The Bertz CT molecular complexity index is 1670. The van der Waals surface area contributed by atoms with Gasteiger partial charge in [-0.25, -0.2) is 0 Å². The third-order valence-corrected chi connectivity index (χ3v) is 9.06. The molecule has 3 aromatic rings. The Labute approximate surface area is 279 Å². The molecule has 2 saturated heterocycles. The smallest absolute Gasteiger partial charge is 0.246 e. The summed E-state index contributed by atoms with van der Waals surface area (Å²) in [7, 11) is 0. The molecule has 4 atom stereocenters. The van der Waals surface area contributed by atoms with Crippen molar-refractivity contribution in [2.75, 3.05) is 9.80 Å². The van der Waals surface area contributed by atoms with Gasteiger partial charge in [0, 0.05) is 5.92 Å². The summed E-state index contributed by atoms with van der Waals surface area (Å²) in [5.41, 5.74) is 4.94. The van der Waals surface area contributed by atoms with Crippen molar-refractivity contribution < 1.29 is 23.9 Å². The number of hydrogen-bond acceptors (Lipinski definition) is 7. The number of aryl methyl sites for hydroxylation is 4. The van der Waals surface area contributed by atoms with Gasteiger partial charge in [-0.05, 0) is 106 Å². The zero-order valence-corrected chi connectivity index (χ0v) is 28.2. The molecule has 2 N–H and O–H groups in total. The maximum Gasteiger partial charge on any atom is 0.246 e. The number of rotatable bonds is 8. The van der Waals surface area contributed by atoms with Crippen LogP contribution in [0.1, 0.15) is 54.0 Å². The Balaban J connectivity index is 1.65. The third-order valence-electron chi connectivity index (χ3n) is 8.49. The number of ether oxygens (including phenoxy) is 1. The SMILES string of the molecule is CC[C@H](C)Oc1ccc(C([C@@H]2C(=O)NC(=S)N(c3ccc(C)cc3C)C2=O)[C@H]2C(=O)NC(=S)N(c3ccc(C)cc3C)C2=O)cc1. The Morgan fingerprint density at radius 1 is 0.717 bits per heavy atom. The molecule has 3 aromatic carbocycles. The molecular weight excluding hydrogens is 621 g/mol. The van der Waals surface area contributed by atoms with Crippen molar-refractivity contribution >= 4 is 69.7 Å². The largest absolute Gasteiger partial charge is 0.491 e. The molecule has 238 valence electrons. The maximum absolute atomic E-state index is 14.5. The molecular formula is C35H36N4O5S2. The van der Waals surface area contributed by atoms with Crippen LogP contribution in [-0.4, -0.2) is 40.0 Å². The lowest BCUT2D eigenvalue weighted by atomic mass is 9.73. The van der Waals surface area contributed by atoms with Crippen molar-refractivity contribution in [2.45, 2.75) is 60.0 Å². The van der Waals surface area contributed by atoms with Gasteiger partial charge in [0.15, 0.2) is 10.2 Å². The van der Waals surface area contributed by atoms with E-state index in [-0.39, 0.29) is 16.3 Å². The van der Waals surface area contributed by atoms with Gasteiger partial charge in [0.05, 0.1) is 17.5 Å². The number of thiocarbonyl (C=S) groups is 2. The molecule has 0 saturated carbocycles. The van der Waals surface area contributed by atoms with Gasteiger partial charge in [0.25, 0.3) is 0 Å². The summed E-state index contributed by atoms with van der Waals surface area (Å²) in [5.74, 6) is -6.30. The molecule has 4 amide bonds. The van der Waals surface area contributed by atoms with Gasteiger partial charge in [0.1, 0.15) is 17.6 Å². The van der Waals surface area contributed by atoms with Crippen LogP contribution in [0.3, 0.4) is 0 Å². The van der Waals surface area contributed by atoms with Crippen LogP contribution in [0.5, 0.6) is 5.75 Å².